The van der Waals surface area contributed by atoms with Gasteiger partial charge in [0.15, 0.2) is 17.4 Å². The van der Waals surface area contributed by atoms with Gasteiger partial charge in [0, 0.05) is 0 Å². The van der Waals surface area contributed by atoms with E-state index in [1.165, 1.54) is 24.1 Å². The van der Waals surface area contributed by atoms with Crippen molar-refractivity contribution in [1.29, 1.82) is 0 Å². The summed E-state index contributed by atoms with van der Waals surface area (Å²) in [5.74, 6) is 0. The average Bonchev–Trinajstić information content (AvgIpc) is 2.94. The minimum absolute atomic E-state index is 0.110. The van der Waals surface area contributed by atoms with Crippen LogP contribution in [-0.4, -0.2) is 59.3 Å². The Hall–Kier alpha value is -1.81. The number of rotatable bonds is 2. The minimum Gasteiger partial charge on any atom is -0.391 e. The largest absolute Gasteiger partial charge is 0.391 e. The van der Waals surface area contributed by atoms with Gasteiger partial charge in [-0.1, -0.05) is 0 Å². The maximum absolute atomic E-state index is 11.6. The van der Waals surface area contributed by atoms with Gasteiger partial charge in [-0.3, -0.25) is 9.36 Å². The van der Waals surface area contributed by atoms with Crippen LogP contribution in [0.15, 0.2) is 17.4 Å². The number of aliphatic hydroxyl groups is 3. The Morgan fingerprint density at radius 2 is 2.15 bits per heavy atom. The molecule has 20 heavy (non-hydrogen) atoms. The van der Waals surface area contributed by atoms with Crippen molar-refractivity contribution in [2.24, 2.45) is 0 Å². The fourth-order valence-electron chi connectivity index (χ4n) is 2.36. The van der Waals surface area contributed by atoms with E-state index in [-0.39, 0.29) is 11.2 Å². The van der Waals surface area contributed by atoms with E-state index in [1.807, 2.05) is 0 Å². The Morgan fingerprint density at radius 3 is 2.80 bits per heavy atom. The van der Waals surface area contributed by atoms with E-state index in [0.717, 1.165) is 0 Å². The SMILES string of the molecule is C[C@H](O)C1O[C@H](n2cnc3c(=O)[nH]cnc32)[C@H](O)[C@@H]1O. The van der Waals surface area contributed by atoms with E-state index >= 15 is 0 Å². The molecule has 1 unspecified atom stereocenters. The second-order valence-corrected chi connectivity index (χ2v) is 4.77. The first kappa shape index (κ1) is 13.2. The van der Waals surface area contributed by atoms with E-state index in [1.54, 1.807) is 0 Å². The number of aliphatic hydroxyl groups excluding tert-OH is 3. The molecule has 4 N–H and O–H groups in total. The number of hydrogen-bond acceptors (Lipinski definition) is 7. The lowest BCUT2D eigenvalue weighted by atomic mass is 10.1. The van der Waals surface area contributed by atoms with Crippen molar-refractivity contribution in [2.45, 2.75) is 37.6 Å². The number of hydrogen-bond donors (Lipinski definition) is 4. The molecule has 0 spiro atoms. The molecule has 0 amide bonds. The third-order valence-electron chi connectivity index (χ3n) is 3.39. The Bertz CT molecular complexity index is 681. The maximum atomic E-state index is 11.6. The molecule has 2 aromatic heterocycles. The highest BCUT2D eigenvalue weighted by Gasteiger charge is 2.46. The van der Waals surface area contributed by atoms with Crippen LogP contribution in [0.1, 0.15) is 13.2 Å². The summed E-state index contributed by atoms with van der Waals surface area (Å²) in [6, 6.07) is 0. The first-order valence-electron chi connectivity index (χ1n) is 6.10. The van der Waals surface area contributed by atoms with Gasteiger partial charge >= 0.3 is 0 Å². The summed E-state index contributed by atoms with van der Waals surface area (Å²) in [7, 11) is 0. The molecule has 0 aliphatic carbocycles. The van der Waals surface area contributed by atoms with E-state index in [9.17, 15) is 20.1 Å². The van der Waals surface area contributed by atoms with Crippen LogP contribution in [0.4, 0.5) is 0 Å². The lowest BCUT2D eigenvalue weighted by molar-refractivity contribution is -0.0777. The van der Waals surface area contributed by atoms with Crippen LogP contribution in [0, 0.1) is 0 Å². The van der Waals surface area contributed by atoms with E-state index in [2.05, 4.69) is 15.0 Å². The number of imidazole rings is 1. The summed E-state index contributed by atoms with van der Waals surface area (Å²) < 4.78 is 6.82. The molecule has 9 nitrogen and oxygen atoms in total. The van der Waals surface area contributed by atoms with Crippen LogP contribution < -0.4 is 5.56 Å². The molecular formula is C11H14N4O5. The monoisotopic (exact) mass is 282 g/mol. The average molecular weight is 282 g/mol. The van der Waals surface area contributed by atoms with Gasteiger partial charge in [0.25, 0.3) is 5.56 Å². The van der Waals surface area contributed by atoms with Crippen molar-refractivity contribution in [1.82, 2.24) is 19.5 Å². The molecule has 5 atom stereocenters. The van der Waals surface area contributed by atoms with Gasteiger partial charge in [-0.25, -0.2) is 9.97 Å². The Balaban J connectivity index is 2.04. The molecular weight excluding hydrogens is 268 g/mol. The summed E-state index contributed by atoms with van der Waals surface area (Å²) in [5.41, 5.74) is -0.0663. The zero-order chi connectivity index (χ0) is 14.4. The predicted molar refractivity (Wildman–Crippen MR) is 65.8 cm³/mol. The summed E-state index contributed by atoms with van der Waals surface area (Å²) >= 11 is 0. The molecule has 0 radical (unpaired) electrons. The molecule has 3 heterocycles. The van der Waals surface area contributed by atoms with Crippen molar-refractivity contribution in [3.8, 4) is 0 Å². The standard InChI is InChI=1S/C11H14N4O5/c1-4(16)8-6(17)7(18)11(20-8)15-3-14-5-9(15)12-2-13-10(5)19/h2-4,6-8,11,16-18H,1H3,(H,12,13,19)/t4-,6-,7+,8?,11-/m0/s1. The lowest BCUT2D eigenvalue weighted by Gasteiger charge is -2.17. The number of aromatic nitrogens is 4. The molecule has 1 aliphatic rings. The second kappa shape index (κ2) is 4.63. The molecule has 1 aliphatic heterocycles. The summed E-state index contributed by atoms with van der Waals surface area (Å²) in [6.07, 6.45) is -2.81. The third kappa shape index (κ3) is 1.83. The highest BCUT2D eigenvalue weighted by atomic mass is 16.6. The smallest absolute Gasteiger partial charge is 0.278 e. The topological polar surface area (TPSA) is 133 Å². The fraction of sp³-hybridized carbons (Fsp3) is 0.545. The molecule has 0 saturated carbocycles. The van der Waals surface area contributed by atoms with Crippen LogP contribution in [0.3, 0.4) is 0 Å². The zero-order valence-corrected chi connectivity index (χ0v) is 10.5. The number of fused-ring (bicyclic) bond motifs is 1. The maximum Gasteiger partial charge on any atom is 0.278 e. The lowest BCUT2D eigenvalue weighted by Crippen LogP contribution is -2.37. The molecule has 108 valence electrons. The normalized spacial score (nSPS) is 31.8. The number of nitrogens with zero attached hydrogens (tertiary/aromatic N) is 3. The summed E-state index contributed by atoms with van der Waals surface area (Å²) in [5, 5.41) is 29.4. The molecule has 3 rings (SSSR count). The molecule has 0 bridgehead atoms. The van der Waals surface area contributed by atoms with Crippen molar-refractivity contribution >= 4 is 11.2 Å². The van der Waals surface area contributed by atoms with Crippen LogP contribution in [0.2, 0.25) is 0 Å². The quantitative estimate of drug-likeness (QED) is 0.506. The van der Waals surface area contributed by atoms with Crippen LogP contribution in [0.5, 0.6) is 0 Å². The first-order valence-corrected chi connectivity index (χ1v) is 6.10. The molecule has 9 heteroatoms. The van der Waals surface area contributed by atoms with E-state index in [0.29, 0.717) is 0 Å². The molecule has 0 aromatic carbocycles. The Kier molecular flexibility index (Phi) is 3.05. The first-order chi connectivity index (χ1) is 9.50. The van der Waals surface area contributed by atoms with Crippen LogP contribution >= 0.6 is 0 Å². The Morgan fingerprint density at radius 1 is 1.40 bits per heavy atom. The van der Waals surface area contributed by atoms with Crippen LogP contribution in [-0.2, 0) is 4.74 Å². The highest BCUT2D eigenvalue weighted by molar-refractivity contribution is 5.68. The number of ether oxygens (including phenoxy) is 1. The predicted octanol–water partition coefficient (Wildman–Crippen LogP) is -1.88. The van der Waals surface area contributed by atoms with Gasteiger partial charge in [-0.2, -0.15) is 0 Å². The second-order valence-electron chi connectivity index (χ2n) is 4.77. The van der Waals surface area contributed by atoms with Gasteiger partial charge in [0.05, 0.1) is 18.8 Å². The highest BCUT2D eigenvalue weighted by Crippen LogP contribution is 2.32. The summed E-state index contributed by atoms with van der Waals surface area (Å²) in [6.45, 7) is 1.46. The molecule has 1 fully saturated rings. The van der Waals surface area contributed by atoms with E-state index in [4.69, 9.17) is 4.74 Å². The number of aromatic amines is 1. The third-order valence-corrected chi connectivity index (χ3v) is 3.39. The van der Waals surface area contributed by atoms with Gasteiger partial charge in [-0.05, 0) is 6.92 Å². The van der Waals surface area contributed by atoms with E-state index < -0.39 is 36.2 Å². The number of nitrogens with one attached hydrogen (secondary N) is 1. The number of H-pyrrole nitrogens is 1. The van der Waals surface area contributed by atoms with Crippen LogP contribution in [0.25, 0.3) is 11.2 Å². The van der Waals surface area contributed by atoms with Crippen molar-refractivity contribution in [3.63, 3.8) is 0 Å². The summed E-state index contributed by atoms with van der Waals surface area (Å²) in [4.78, 5) is 21.9. The minimum atomic E-state index is -1.26. The molecule has 2 aromatic rings. The zero-order valence-electron chi connectivity index (χ0n) is 10.5. The fourth-order valence-corrected chi connectivity index (χ4v) is 2.36. The van der Waals surface area contributed by atoms with Gasteiger partial charge < -0.3 is 25.0 Å². The van der Waals surface area contributed by atoms with Gasteiger partial charge in [-0.15, -0.1) is 0 Å². The Labute approximate surface area is 112 Å². The van der Waals surface area contributed by atoms with Gasteiger partial charge in [0.1, 0.15) is 18.3 Å². The van der Waals surface area contributed by atoms with Crippen molar-refractivity contribution in [2.75, 3.05) is 0 Å². The molecule has 1 saturated heterocycles. The van der Waals surface area contributed by atoms with Crippen molar-refractivity contribution < 1.29 is 20.1 Å². The van der Waals surface area contributed by atoms with Gasteiger partial charge in [0.2, 0.25) is 0 Å². The van der Waals surface area contributed by atoms with Crippen molar-refractivity contribution in [3.05, 3.63) is 23.0 Å².